The normalized spacial score (nSPS) is 12.1. The molecular formula is C13H11O2. The Morgan fingerprint density at radius 3 is 1.93 bits per heavy atom. The Morgan fingerprint density at radius 1 is 0.800 bits per heavy atom. The minimum absolute atomic E-state index is 0.598. The summed E-state index contributed by atoms with van der Waals surface area (Å²) in [5.74, 6) is 0.598. The first-order valence-corrected chi connectivity index (χ1v) is 4.79. The van der Waals surface area contributed by atoms with Crippen molar-refractivity contribution >= 4 is 0 Å². The van der Waals surface area contributed by atoms with E-state index in [0.29, 0.717) is 11.3 Å². The van der Waals surface area contributed by atoms with E-state index in [-0.39, 0.29) is 0 Å². The number of rotatable bonds is 3. The first kappa shape index (κ1) is 9.74. The van der Waals surface area contributed by atoms with Crippen LogP contribution >= 0.6 is 0 Å². The molecule has 15 heavy (non-hydrogen) atoms. The first-order valence-electron chi connectivity index (χ1n) is 4.79. The monoisotopic (exact) mass is 199 g/mol. The molecule has 0 saturated heterocycles. The summed E-state index contributed by atoms with van der Waals surface area (Å²) in [6.07, 6.45) is -1.16. The van der Waals surface area contributed by atoms with Crippen molar-refractivity contribution in [1.82, 2.24) is 0 Å². The predicted octanol–water partition coefficient (Wildman–Crippen LogP) is 3.19. The average Bonchev–Trinajstić information content (AvgIpc) is 2.31. The SMILES string of the molecule is [O]C(Oc1ccccc1)c1ccccc1. The van der Waals surface area contributed by atoms with Crippen LogP contribution in [0.5, 0.6) is 5.75 Å². The molecule has 75 valence electrons. The second kappa shape index (κ2) is 4.62. The molecule has 0 amide bonds. The standard InChI is InChI=1S/C13H11O2/c14-13(11-7-3-1-4-8-11)15-12-9-5-2-6-10-12/h1-10,13H. The number of hydrogen-bond donors (Lipinski definition) is 0. The molecule has 0 aliphatic rings. The highest BCUT2D eigenvalue weighted by molar-refractivity contribution is 5.23. The van der Waals surface area contributed by atoms with Gasteiger partial charge in [0.1, 0.15) is 5.75 Å². The molecule has 2 heteroatoms. The minimum atomic E-state index is -1.16. The van der Waals surface area contributed by atoms with Gasteiger partial charge in [-0.1, -0.05) is 48.5 Å². The topological polar surface area (TPSA) is 29.1 Å². The van der Waals surface area contributed by atoms with Gasteiger partial charge in [0.15, 0.2) is 0 Å². The number of ether oxygens (including phenoxy) is 1. The van der Waals surface area contributed by atoms with E-state index in [1.54, 1.807) is 24.3 Å². The molecule has 1 unspecified atom stereocenters. The highest BCUT2D eigenvalue weighted by Gasteiger charge is 2.09. The van der Waals surface area contributed by atoms with Gasteiger partial charge >= 0.3 is 0 Å². The van der Waals surface area contributed by atoms with Crippen LogP contribution < -0.4 is 4.74 Å². The van der Waals surface area contributed by atoms with Crippen molar-refractivity contribution in [3.05, 3.63) is 66.2 Å². The van der Waals surface area contributed by atoms with Gasteiger partial charge in [-0.3, -0.25) is 0 Å². The van der Waals surface area contributed by atoms with E-state index >= 15 is 0 Å². The summed E-state index contributed by atoms with van der Waals surface area (Å²) in [7, 11) is 0. The van der Waals surface area contributed by atoms with Crippen LogP contribution in [0, 0.1) is 0 Å². The maximum atomic E-state index is 11.7. The molecular weight excluding hydrogens is 188 g/mol. The quantitative estimate of drug-likeness (QED) is 0.698. The highest BCUT2D eigenvalue weighted by Crippen LogP contribution is 2.19. The zero-order valence-corrected chi connectivity index (χ0v) is 8.17. The molecule has 0 saturated carbocycles. The lowest BCUT2D eigenvalue weighted by Gasteiger charge is -2.11. The van der Waals surface area contributed by atoms with E-state index in [2.05, 4.69) is 0 Å². The number of hydrogen-bond acceptors (Lipinski definition) is 1. The fourth-order valence-corrected chi connectivity index (χ4v) is 1.30. The smallest absolute Gasteiger partial charge is 0.256 e. The predicted molar refractivity (Wildman–Crippen MR) is 56.9 cm³/mol. The van der Waals surface area contributed by atoms with Gasteiger partial charge in [-0.05, 0) is 12.1 Å². The van der Waals surface area contributed by atoms with E-state index in [1.165, 1.54) is 0 Å². The Bertz CT molecular complexity index is 397. The van der Waals surface area contributed by atoms with Gasteiger partial charge in [0.05, 0.1) is 0 Å². The molecule has 2 aromatic rings. The van der Waals surface area contributed by atoms with Gasteiger partial charge in [0.2, 0.25) is 0 Å². The summed E-state index contributed by atoms with van der Waals surface area (Å²) in [6.45, 7) is 0. The molecule has 2 nitrogen and oxygen atoms in total. The second-order valence-corrected chi connectivity index (χ2v) is 3.17. The number of benzene rings is 2. The molecule has 0 bridgehead atoms. The van der Waals surface area contributed by atoms with Crippen molar-refractivity contribution in [2.75, 3.05) is 0 Å². The summed E-state index contributed by atoms with van der Waals surface area (Å²) in [5.41, 5.74) is 0.640. The fraction of sp³-hybridized carbons (Fsp3) is 0.0769. The van der Waals surface area contributed by atoms with Crippen molar-refractivity contribution < 1.29 is 9.84 Å². The lowest BCUT2D eigenvalue weighted by atomic mass is 10.2. The Kier molecular flexibility index (Phi) is 3.00. The Labute approximate surface area is 88.8 Å². The van der Waals surface area contributed by atoms with Crippen LogP contribution in [0.25, 0.3) is 0 Å². The van der Waals surface area contributed by atoms with Gasteiger partial charge in [-0.2, -0.15) is 5.11 Å². The van der Waals surface area contributed by atoms with E-state index < -0.39 is 6.29 Å². The zero-order chi connectivity index (χ0) is 10.5. The maximum absolute atomic E-state index is 11.7. The second-order valence-electron chi connectivity index (χ2n) is 3.17. The van der Waals surface area contributed by atoms with Crippen LogP contribution in [0.4, 0.5) is 0 Å². The number of para-hydroxylation sites is 1. The summed E-state index contributed by atoms with van der Waals surface area (Å²) in [4.78, 5) is 0. The van der Waals surface area contributed by atoms with Crippen LogP contribution in [0.1, 0.15) is 11.9 Å². The molecule has 0 N–H and O–H groups in total. The molecule has 2 rings (SSSR count). The molecule has 1 radical (unpaired) electrons. The van der Waals surface area contributed by atoms with Gasteiger partial charge in [-0.15, -0.1) is 0 Å². The molecule has 0 aliphatic carbocycles. The Morgan fingerprint density at radius 2 is 1.33 bits per heavy atom. The zero-order valence-electron chi connectivity index (χ0n) is 8.17. The van der Waals surface area contributed by atoms with Gasteiger partial charge in [-0.25, -0.2) is 0 Å². The average molecular weight is 199 g/mol. The van der Waals surface area contributed by atoms with Crippen LogP contribution in [-0.2, 0) is 5.11 Å². The van der Waals surface area contributed by atoms with Crippen LogP contribution in [0.2, 0.25) is 0 Å². The third-order valence-corrected chi connectivity index (χ3v) is 2.06. The van der Waals surface area contributed by atoms with Crippen molar-refractivity contribution in [3.63, 3.8) is 0 Å². The first-order chi connectivity index (χ1) is 7.36. The highest BCUT2D eigenvalue weighted by atomic mass is 16.6. The molecule has 0 fully saturated rings. The fourth-order valence-electron chi connectivity index (χ4n) is 1.30. The molecule has 0 aromatic heterocycles. The maximum Gasteiger partial charge on any atom is 0.256 e. The van der Waals surface area contributed by atoms with Crippen LogP contribution in [-0.4, -0.2) is 0 Å². The third-order valence-electron chi connectivity index (χ3n) is 2.06. The van der Waals surface area contributed by atoms with E-state index in [1.807, 2.05) is 36.4 Å². The lowest BCUT2D eigenvalue weighted by Crippen LogP contribution is -2.04. The van der Waals surface area contributed by atoms with Gasteiger partial charge in [0.25, 0.3) is 6.29 Å². The van der Waals surface area contributed by atoms with E-state index in [0.717, 1.165) is 0 Å². The van der Waals surface area contributed by atoms with Gasteiger partial charge < -0.3 is 4.74 Å². The Hall–Kier alpha value is -1.80. The van der Waals surface area contributed by atoms with Crippen LogP contribution in [0.3, 0.4) is 0 Å². The summed E-state index contributed by atoms with van der Waals surface area (Å²) in [5, 5.41) is 11.7. The van der Waals surface area contributed by atoms with Crippen molar-refractivity contribution in [3.8, 4) is 5.75 Å². The summed E-state index contributed by atoms with van der Waals surface area (Å²) < 4.78 is 5.24. The Balaban J connectivity index is 2.08. The molecule has 2 aromatic carbocycles. The lowest BCUT2D eigenvalue weighted by molar-refractivity contribution is -0.0741. The van der Waals surface area contributed by atoms with Crippen molar-refractivity contribution in [2.24, 2.45) is 0 Å². The third kappa shape index (κ3) is 2.58. The van der Waals surface area contributed by atoms with E-state index in [4.69, 9.17) is 4.74 Å². The van der Waals surface area contributed by atoms with E-state index in [9.17, 15) is 5.11 Å². The summed E-state index contributed by atoms with van der Waals surface area (Å²) >= 11 is 0. The van der Waals surface area contributed by atoms with Crippen LogP contribution in [0.15, 0.2) is 60.7 Å². The molecule has 0 spiro atoms. The molecule has 0 aliphatic heterocycles. The molecule has 1 atom stereocenters. The van der Waals surface area contributed by atoms with Gasteiger partial charge in [0, 0.05) is 5.56 Å². The summed E-state index contributed by atoms with van der Waals surface area (Å²) in [6, 6.07) is 18.2. The van der Waals surface area contributed by atoms with Crippen molar-refractivity contribution in [1.29, 1.82) is 0 Å². The minimum Gasteiger partial charge on any atom is -0.458 e. The van der Waals surface area contributed by atoms with Crippen molar-refractivity contribution in [2.45, 2.75) is 6.29 Å². The largest absolute Gasteiger partial charge is 0.458 e. The molecule has 0 heterocycles.